The molecule has 1 saturated heterocycles. The van der Waals surface area contributed by atoms with Crippen LogP contribution in [0.3, 0.4) is 0 Å². The summed E-state index contributed by atoms with van der Waals surface area (Å²) >= 11 is 5.61. The molecule has 1 heterocycles. The fourth-order valence-corrected chi connectivity index (χ4v) is 2.16. The molecule has 4 heteroatoms. The topological polar surface area (TPSA) is 21.3 Å². The molecule has 1 atom stereocenters. The van der Waals surface area contributed by atoms with E-state index in [9.17, 15) is 4.39 Å². The summed E-state index contributed by atoms with van der Waals surface area (Å²) in [4.78, 5) is 0. The molecule has 2 nitrogen and oxygen atoms in total. The number of rotatable bonds is 5. The fourth-order valence-electron chi connectivity index (χ4n) is 2.04. The molecule has 1 N–H and O–H groups in total. The van der Waals surface area contributed by atoms with Crippen LogP contribution in [-0.4, -0.2) is 19.3 Å². The highest BCUT2D eigenvalue weighted by molar-refractivity contribution is 6.30. The Morgan fingerprint density at radius 1 is 1.47 bits per heavy atom. The van der Waals surface area contributed by atoms with E-state index >= 15 is 0 Å². The number of hydrogen-bond donors (Lipinski definition) is 1. The molecule has 1 aromatic carbocycles. The first-order valence-corrected chi connectivity index (χ1v) is 6.44. The summed E-state index contributed by atoms with van der Waals surface area (Å²) in [6.07, 6.45) is 4.90. The van der Waals surface area contributed by atoms with Crippen LogP contribution in [0.5, 0.6) is 0 Å². The molecular weight excluding hydrogens is 241 g/mol. The van der Waals surface area contributed by atoms with Crippen LogP contribution in [0.1, 0.15) is 25.7 Å². The van der Waals surface area contributed by atoms with Crippen molar-refractivity contribution in [3.05, 3.63) is 29.0 Å². The summed E-state index contributed by atoms with van der Waals surface area (Å²) < 4.78 is 18.7. The van der Waals surface area contributed by atoms with Gasteiger partial charge in [-0.3, -0.25) is 0 Å². The van der Waals surface area contributed by atoms with Gasteiger partial charge in [0, 0.05) is 18.8 Å². The van der Waals surface area contributed by atoms with Crippen molar-refractivity contribution in [1.29, 1.82) is 0 Å². The average molecular weight is 258 g/mol. The Morgan fingerprint density at radius 3 is 3.06 bits per heavy atom. The van der Waals surface area contributed by atoms with Gasteiger partial charge in [0.1, 0.15) is 5.82 Å². The van der Waals surface area contributed by atoms with E-state index in [1.54, 1.807) is 12.1 Å². The second-order valence-electron chi connectivity index (χ2n) is 4.33. The van der Waals surface area contributed by atoms with E-state index in [0.717, 1.165) is 31.7 Å². The maximum Gasteiger partial charge on any atom is 0.143 e. The number of anilines is 1. The molecule has 1 aromatic rings. The quantitative estimate of drug-likeness (QED) is 0.809. The van der Waals surface area contributed by atoms with Crippen molar-refractivity contribution in [1.82, 2.24) is 0 Å². The van der Waals surface area contributed by atoms with Crippen molar-refractivity contribution < 1.29 is 9.13 Å². The molecule has 1 unspecified atom stereocenters. The zero-order valence-electron chi connectivity index (χ0n) is 9.72. The van der Waals surface area contributed by atoms with Crippen molar-refractivity contribution in [2.45, 2.75) is 31.8 Å². The number of benzene rings is 1. The Morgan fingerprint density at radius 2 is 2.35 bits per heavy atom. The maximum absolute atomic E-state index is 13.1. The first-order valence-electron chi connectivity index (χ1n) is 6.06. The van der Waals surface area contributed by atoms with Crippen LogP contribution in [0.4, 0.5) is 10.1 Å². The van der Waals surface area contributed by atoms with Crippen LogP contribution in [-0.2, 0) is 4.74 Å². The summed E-state index contributed by atoms with van der Waals surface area (Å²) in [6.45, 7) is 1.74. The highest BCUT2D eigenvalue weighted by atomic mass is 35.5. The van der Waals surface area contributed by atoms with Gasteiger partial charge in [0.2, 0.25) is 0 Å². The molecule has 1 aliphatic heterocycles. The Balaban J connectivity index is 1.68. The van der Waals surface area contributed by atoms with E-state index < -0.39 is 0 Å². The molecule has 0 saturated carbocycles. The molecule has 0 aromatic heterocycles. The Hall–Kier alpha value is -0.800. The summed E-state index contributed by atoms with van der Waals surface area (Å²) in [5.41, 5.74) is 0.777. The summed E-state index contributed by atoms with van der Waals surface area (Å²) in [5, 5.41) is 3.34. The molecule has 0 amide bonds. The summed E-state index contributed by atoms with van der Waals surface area (Å²) in [5.74, 6) is -0.379. The molecule has 0 bridgehead atoms. The molecule has 0 aliphatic carbocycles. The van der Waals surface area contributed by atoms with Gasteiger partial charge >= 0.3 is 0 Å². The summed E-state index contributed by atoms with van der Waals surface area (Å²) in [6, 6.07) is 4.78. The molecular formula is C13H17ClFNO. The maximum atomic E-state index is 13.1. The van der Waals surface area contributed by atoms with E-state index in [4.69, 9.17) is 16.3 Å². The lowest BCUT2D eigenvalue weighted by atomic mass is 10.1. The van der Waals surface area contributed by atoms with Crippen LogP contribution >= 0.6 is 11.6 Å². The van der Waals surface area contributed by atoms with Gasteiger partial charge in [0.05, 0.1) is 11.1 Å². The lowest BCUT2D eigenvalue weighted by Crippen LogP contribution is -2.09. The third-order valence-corrected chi connectivity index (χ3v) is 3.28. The highest BCUT2D eigenvalue weighted by Gasteiger charge is 2.14. The first-order chi connectivity index (χ1) is 8.25. The van der Waals surface area contributed by atoms with Crippen molar-refractivity contribution in [3.63, 3.8) is 0 Å². The molecule has 1 aliphatic rings. The third kappa shape index (κ3) is 3.86. The van der Waals surface area contributed by atoms with E-state index in [2.05, 4.69) is 5.32 Å². The third-order valence-electron chi connectivity index (χ3n) is 2.98. The van der Waals surface area contributed by atoms with Crippen molar-refractivity contribution >= 4 is 17.3 Å². The molecule has 0 radical (unpaired) electrons. The van der Waals surface area contributed by atoms with Gasteiger partial charge in [0.25, 0.3) is 0 Å². The van der Waals surface area contributed by atoms with E-state index in [0.29, 0.717) is 6.10 Å². The van der Waals surface area contributed by atoms with Gasteiger partial charge in [-0.15, -0.1) is 0 Å². The van der Waals surface area contributed by atoms with Crippen molar-refractivity contribution in [3.8, 4) is 0 Å². The zero-order chi connectivity index (χ0) is 12.1. The largest absolute Gasteiger partial charge is 0.385 e. The Kier molecular flexibility index (Phi) is 4.63. The predicted molar refractivity (Wildman–Crippen MR) is 68.1 cm³/mol. The van der Waals surface area contributed by atoms with E-state index in [1.165, 1.54) is 18.9 Å². The van der Waals surface area contributed by atoms with Gasteiger partial charge in [0.15, 0.2) is 0 Å². The second-order valence-corrected chi connectivity index (χ2v) is 4.74. The number of nitrogens with one attached hydrogen (secondary N) is 1. The van der Waals surface area contributed by atoms with Gasteiger partial charge in [-0.1, -0.05) is 11.6 Å². The van der Waals surface area contributed by atoms with Crippen LogP contribution in [0.15, 0.2) is 18.2 Å². The SMILES string of the molecule is Fc1cc(NCCCC2CCCO2)ccc1Cl. The lowest BCUT2D eigenvalue weighted by molar-refractivity contribution is 0.103. The smallest absolute Gasteiger partial charge is 0.143 e. The number of ether oxygens (including phenoxy) is 1. The van der Waals surface area contributed by atoms with Crippen LogP contribution in [0, 0.1) is 5.82 Å². The average Bonchev–Trinajstić information content (AvgIpc) is 2.82. The van der Waals surface area contributed by atoms with Crippen LogP contribution < -0.4 is 5.32 Å². The van der Waals surface area contributed by atoms with E-state index in [1.807, 2.05) is 0 Å². The lowest BCUT2D eigenvalue weighted by Gasteiger charge is -2.10. The molecule has 0 spiro atoms. The van der Waals surface area contributed by atoms with Gasteiger partial charge in [-0.2, -0.15) is 0 Å². The highest BCUT2D eigenvalue weighted by Crippen LogP contribution is 2.19. The van der Waals surface area contributed by atoms with Gasteiger partial charge < -0.3 is 10.1 Å². The second kappa shape index (κ2) is 6.22. The minimum Gasteiger partial charge on any atom is -0.385 e. The molecule has 1 fully saturated rings. The standard InChI is InChI=1S/C13H17ClFNO/c14-12-6-5-10(9-13(12)15)16-7-1-3-11-4-2-8-17-11/h5-6,9,11,16H,1-4,7-8H2. The minimum absolute atomic E-state index is 0.162. The first kappa shape index (κ1) is 12.7. The zero-order valence-corrected chi connectivity index (χ0v) is 10.5. The van der Waals surface area contributed by atoms with Crippen LogP contribution in [0.2, 0.25) is 5.02 Å². The number of halogens is 2. The monoisotopic (exact) mass is 257 g/mol. The van der Waals surface area contributed by atoms with E-state index in [-0.39, 0.29) is 10.8 Å². The normalized spacial score (nSPS) is 19.5. The predicted octanol–water partition coefficient (Wildman–Crippen LogP) is 3.85. The van der Waals surface area contributed by atoms with Gasteiger partial charge in [-0.05, 0) is 43.9 Å². The molecule has 2 rings (SSSR count). The number of hydrogen-bond acceptors (Lipinski definition) is 2. The minimum atomic E-state index is -0.379. The Labute approximate surface area is 106 Å². The molecule has 94 valence electrons. The molecule has 17 heavy (non-hydrogen) atoms. The summed E-state index contributed by atoms with van der Waals surface area (Å²) in [7, 11) is 0. The Bertz CT molecular complexity index is 366. The fraction of sp³-hybridized carbons (Fsp3) is 0.538. The van der Waals surface area contributed by atoms with Gasteiger partial charge in [-0.25, -0.2) is 4.39 Å². The van der Waals surface area contributed by atoms with Crippen molar-refractivity contribution in [2.75, 3.05) is 18.5 Å². The van der Waals surface area contributed by atoms with Crippen LogP contribution in [0.25, 0.3) is 0 Å². The van der Waals surface area contributed by atoms with Crippen molar-refractivity contribution in [2.24, 2.45) is 0 Å².